The highest BCUT2D eigenvalue weighted by Gasteiger charge is 2.20. The first-order valence-corrected chi connectivity index (χ1v) is 9.78. The standard InChI is InChI=1S/C23H31N3O2/c1-6-25(7-2)21-13-14-22(18(3)15-21)26(19(4)27)17-23(28)24(5)16-20-11-9-8-10-12-20/h8-15H,6-7,16-17H2,1-5H3. The molecule has 28 heavy (non-hydrogen) atoms. The van der Waals surface area contributed by atoms with Gasteiger partial charge in [0.25, 0.3) is 0 Å². The Kier molecular flexibility index (Phi) is 7.61. The number of anilines is 2. The lowest BCUT2D eigenvalue weighted by molar-refractivity contribution is -0.130. The molecule has 5 heteroatoms. The molecule has 0 bridgehead atoms. The van der Waals surface area contributed by atoms with Gasteiger partial charge in [-0.15, -0.1) is 0 Å². The number of aryl methyl sites for hydroxylation is 1. The van der Waals surface area contributed by atoms with E-state index >= 15 is 0 Å². The van der Waals surface area contributed by atoms with E-state index in [1.807, 2.05) is 49.4 Å². The number of carbonyl (C=O) groups excluding carboxylic acids is 2. The van der Waals surface area contributed by atoms with Crippen LogP contribution in [0.2, 0.25) is 0 Å². The normalized spacial score (nSPS) is 10.5. The summed E-state index contributed by atoms with van der Waals surface area (Å²) in [5.41, 5.74) is 3.96. The Morgan fingerprint density at radius 2 is 1.61 bits per heavy atom. The summed E-state index contributed by atoms with van der Waals surface area (Å²) in [6.07, 6.45) is 0. The fraction of sp³-hybridized carbons (Fsp3) is 0.391. The molecule has 2 aromatic rings. The molecule has 0 aliphatic rings. The zero-order valence-corrected chi connectivity index (χ0v) is 17.6. The Bertz CT molecular complexity index is 801. The molecule has 0 aliphatic heterocycles. The van der Waals surface area contributed by atoms with E-state index in [0.717, 1.165) is 35.6 Å². The lowest BCUT2D eigenvalue weighted by atomic mass is 10.1. The van der Waals surface area contributed by atoms with Gasteiger partial charge < -0.3 is 14.7 Å². The van der Waals surface area contributed by atoms with Gasteiger partial charge in [0, 0.05) is 45.0 Å². The molecule has 2 aromatic carbocycles. The fourth-order valence-electron chi connectivity index (χ4n) is 3.30. The molecule has 0 spiro atoms. The molecular formula is C23H31N3O2. The molecule has 2 rings (SSSR count). The number of nitrogens with zero attached hydrogens (tertiary/aromatic N) is 3. The average molecular weight is 382 g/mol. The summed E-state index contributed by atoms with van der Waals surface area (Å²) in [4.78, 5) is 30.5. The third-order valence-electron chi connectivity index (χ3n) is 4.96. The van der Waals surface area contributed by atoms with Crippen LogP contribution in [0.1, 0.15) is 31.9 Å². The number of hydrogen-bond acceptors (Lipinski definition) is 3. The van der Waals surface area contributed by atoms with Crippen molar-refractivity contribution in [2.75, 3.05) is 36.5 Å². The van der Waals surface area contributed by atoms with Crippen molar-refractivity contribution in [3.8, 4) is 0 Å². The summed E-state index contributed by atoms with van der Waals surface area (Å²) in [6.45, 7) is 10.1. The van der Waals surface area contributed by atoms with Crippen molar-refractivity contribution in [2.45, 2.75) is 34.2 Å². The van der Waals surface area contributed by atoms with Crippen LogP contribution in [0.5, 0.6) is 0 Å². The highest BCUT2D eigenvalue weighted by Crippen LogP contribution is 2.26. The third kappa shape index (κ3) is 5.35. The summed E-state index contributed by atoms with van der Waals surface area (Å²) >= 11 is 0. The van der Waals surface area contributed by atoms with Gasteiger partial charge >= 0.3 is 0 Å². The largest absolute Gasteiger partial charge is 0.372 e. The van der Waals surface area contributed by atoms with Crippen molar-refractivity contribution in [3.05, 3.63) is 59.7 Å². The predicted octanol–water partition coefficient (Wildman–Crippen LogP) is 3.85. The predicted molar refractivity (Wildman–Crippen MR) is 116 cm³/mol. The van der Waals surface area contributed by atoms with Crippen molar-refractivity contribution < 1.29 is 9.59 Å². The van der Waals surface area contributed by atoms with E-state index in [4.69, 9.17) is 0 Å². The molecule has 0 saturated heterocycles. The molecule has 0 aromatic heterocycles. The monoisotopic (exact) mass is 381 g/mol. The average Bonchev–Trinajstić information content (AvgIpc) is 2.68. The molecule has 150 valence electrons. The molecule has 0 aliphatic carbocycles. The zero-order valence-electron chi connectivity index (χ0n) is 17.6. The molecule has 0 unspecified atom stereocenters. The molecule has 2 amide bonds. The van der Waals surface area contributed by atoms with E-state index in [2.05, 4.69) is 24.8 Å². The van der Waals surface area contributed by atoms with Gasteiger partial charge in [-0.3, -0.25) is 9.59 Å². The Labute approximate surface area is 168 Å². The summed E-state index contributed by atoms with van der Waals surface area (Å²) < 4.78 is 0. The zero-order chi connectivity index (χ0) is 20.7. The van der Waals surface area contributed by atoms with Crippen LogP contribution >= 0.6 is 0 Å². The second-order valence-corrected chi connectivity index (χ2v) is 6.98. The maximum Gasteiger partial charge on any atom is 0.242 e. The van der Waals surface area contributed by atoms with Crippen LogP contribution in [0.3, 0.4) is 0 Å². The first-order chi connectivity index (χ1) is 13.4. The topological polar surface area (TPSA) is 43.9 Å². The van der Waals surface area contributed by atoms with Crippen LogP contribution in [-0.4, -0.2) is 43.4 Å². The third-order valence-corrected chi connectivity index (χ3v) is 4.96. The minimum atomic E-state index is -0.139. The van der Waals surface area contributed by atoms with Gasteiger partial charge in [-0.1, -0.05) is 30.3 Å². The molecule has 0 heterocycles. The summed E-state index contributed by atoms with van der Waals surface area (Å²) in [6, 6.07) is 15.9. The SMILES string of the molecule is CCN(CC)c1ccc(N(CC(=O)N(C)Cc2ccccc2)C(C)=O)c(C)c1. The van der Waals surface area contributed by atoms with Crippen LogP contribution in [0, 0.1) is 6.92 Å². The van der Waals surface area contributed by atoms with E-state index in [1.165, 1.54) is 6.92 Å². The number of benzene rings is 2. The van der Waals surface area contributed by atoms with Crippen molar-refractivity contribution in [1.29, 1.82) is 0 Å². The van der Waals surface area contributed by atoms with Crippen molar-refractivity contribution >= 4 is 23.2 Å². The van der Waals surface area contributed by atoms with E-state index in [9.17, 15) is 9.59 Å². The molecule has 0 fully saturated rings. The second-order valence-electron chi connectivity index (χ2n) is 6.98. The molecule has 0 saturated carbocycles. The quantitative estimate of drug-likeness (QED) is 0.698. The second kappa shape index (κ2) is 9.93. The van der Waals surface area contributed by atoms with Gasteiger partial charge in [-0.2, -0.15) is 0 Å². The van der Waals surface area contributed by atoms with Crippen molar-refractivity contribution in [1.82, 2.24) is 4.90 Å². The van der Waals surface area contributed by atoms with Gasteiger partial charge in [0.1, 0.15) is 6.54 Å². The first kappa shape index (κ1) is 21.5. The van der Waals surface area contributed by atoms with Crippen LogP contribution in [0.25, 0.3) is 0 Å². The van der Waals surface area contributed by atoms with E-state index in [-0.39, 0.29) is 18.4 Å². The smallest absolute Gasteiger partial charge is 0.242 e. The Balaban J connectivity index is 2.16. The number of hydrogen-bond donors (Lipinski definition) is 0. The van der Waals surface area contributed by atoms with Crippen LogP contribution in [-0.2, 0) is 16.1 Å². The molecule has 0 N–H and O–H groups in total. The Morgan fingerprint density at radius 1 is 0.964 bits per heavy atom. The van der Waals surface area contributed by atoms with E-state index in [1.54, 1.807) is 16.8 Å². The maximum absolute atomic E-state index is 12.7. The van der Waals surface area contributed by atoms with E-state index in [0.29, 0.717) is 6.54 Å². The molecule has 5 nitrogen and oxygen atoms in total. The van der Waals surface area contributed by atoms with Gasteiger partial charge in [0.05, 0.1) is 0 Å². The summed E-state index contributed by atoms with van der Waals surface area (Å²) in [5, 5.41) is 0. The minimum Gasteiger partial charge on any atom is -0.372 e. The molecule has 0 atom stereocenters. The van der Waals surface area contributed by atoms with Crippen LogP contribution < -0.4 is 9.80 Å². The summed E-state index contributed by atoms with van der Waals surface area (Å²) in [7, 11) is 1.77. The lowest BCUT2D eigenvalue weighted by Crippen LogP contribution is -2.40. The fourth-order valence-corrected chi connectivity index (χ4v) is 3.30. The first-order valence-electron chi connectivity index (χ1n) is 9.78. The van der Waals surface area contributed by atoms with Gasteiger partial charge in [0.2, 0.25) is 11.8 Å². The van der Waals surface area contributed by atoms with Gasteiger partial charge in [-0.25, -0.2) is 0 Å². The van der Waals surface area contributed by atoms with Gasteiger partial charge in [-0.05, 0) is 50.1 Å². The highest BCUT2D eigenvalue weighted by molar-refractivity contribution is 5.98. The summed E-state index contributed by atoms with van der Waals surface area (Å²) in [5.74, 6) is -0.230. The number of rotatable bonds is 8. The van der Waals surface area contributed by atoms with Crippen molar-refractivity contribution in [3.63, 3.8) is 0 Å². The Hall–Kier alpha value is -2.82. The minimum absolute atomic E-state index is 0.0319. The maximum atomic E-state index is 12.7. The number of amides is 2. The Morgan fingerprint density at radius 3 is 2.14 bits per heavy atom. The number of carbonyl (C=O) groups is 2. The number of likely N-dealkylation sites (N-methyl/N-ethyl adjacent to an activating group) is 1. The highest BCUT2D eigenvalue weighted by atomic mass is 16.2. The lowest BCUT2D eigenvalue weighted by Gasteiger charge is -2.27. The van der Waals surface area contributed by atoms with Crippen LogP contribution in [0.4, 0.5) is 11.4 Å². The van der Waals surface area contributed by atoms with Crippen molar-refractivity contribution in [2.24, 2.45) is 0 Å². The molecular weight excluding hydrogens is 350 g/mol. The van der Waals surface area contributed by atoms with E-state index < -0.39 is 0 Å². The van der Waals surface area contributed by atoms with Gasteiger partial charge in [0.15, 0.2) is 0 Å². The molecule has 0 radical (unpaired) electrons. The van der Waals surface area contributed by atoms with Crippen LogP contribution in [0.15, 0.2) is 48.5 Å².